The highest BCUT2D eigenvalue weighted by Crippen LogP contribution is 2.30. The van der Waals surface area contributed by atoms with Crippen LogP contribution in [0.5, 0.6) is 11.5 Å². The van der Waals surface area contributed by atoms with Gasteiger partial charge in [0.2, 0.25) is 0 Å². The number of esters is 1. The third-order valence-corrected chi connectivity index (χ3v) is 3.09. The number of aromatic hydroxyl groups is 1. The minimum Gasteiger partial charge on any atom is -0.507 e. The van der Waals surface area contributed by atoms with E-state index in [0.29, 0.717) is 11.3 Å². The zero-order valence-electron chi connectivity index (χ0n) is 12.6. The maximum Gasteiger partial charge on any atom is 0.342 e. The van der Waals surface area contributed by atoms with E-state index < -0.39 is 5.97 Å². The van der Waals surface area contributed by atoms with Crippen molar-refractivity contribution in [3.8, 4) is 11.5 Å². The lowest BCUT2D eigenvalue weighted by atomic mass is 10.0. The molecule has 1 N–H and O–H groups in total. The molecule has 0 saturated heterocycles. The summed E-state index contributed by atoms with van der Waals surface area (Å²) in [6.07, 6.45) is 3.61. The van der Waals surface area contributed by atoms with Gasteiger partial charge in [-0.2, -0.15) is 0 Å². The van der Waals surface area contributed by atoms with Crippen molar-refractivity contribution in [2.75, 3.05) is 13.7 Å². The summed E-state index contributed by atoms with van der Waals surface area (Å²) in [6, 6.07) is 12.8. The number of rotatable bonds is 5. The molecular formula is C18H18O4. The molecule has 0 saturated carbocycles. The minimum absolute atomic E-state index is 0.134. The Morgan fingerprint density at radius 1 is 1.18 bits per heavy atom. The van der Waals surface area contributed by atoms with E-state index in [-0.39, 0.29) is 17.9 Å². The Bertz CT molecular complexity index is 675. The van der Waals surface area contributed by atoms with Crippen LogP contribution in [0.15, 0.2) is 42.5 Å². The van der Waals surface area contributed by atoms with Crippen LogP contribution in [0.25, 0.3) is 12.2 Å². The van der Waals surface area contributed by atoms with Crippen molar-refractivity contribution < 1.29 is 19.4 Å². The van der Waals surface area contributed by atoms with Crippen molar-refractivity contribution in [2.45, 2.75) is 6.92 Å². The molecule has 0 amide bonds. The fourth-order valence-electron chi connectivity index (χ4n) is 2.05. The fraction of sp³-hybridized carbons (Fsp3) is 0.167. The Hall–Kier alpha value is -2.75. The van der Waals surface area contributed by atoms with Gasteiger partial charge >= 0.3 is 5.97 Å². The molecule has 0 spiro atoms. The number of phenols is 1. The molecule has 0 aliphatic carbocycles. The fourth-order valence-corrected chi connectivity index (χ4v) is 2.05. The maximum absolute atomic E-state index is 12.0. The molecule has 0 heterocycles. The molecule has 0 fully saturated rings. The highest BCUT2D eigenvalue weighted by atomic mass is 16.5. The van der Waals surface area contributed by atoms with Gasteiger partial charge in [-0.15, -0.1) is 0 Å². The van der Waals surface area contributed by atoms with Gasteiger partial charge in [0, 0.05) is 6.07 Å². The van der Waals surface area contributed by atoms with Crippen molar-refractivity contribution in [1.29, 1.82) is 0 Å². The second-order valence-corrected chi connectivity index (χ2v) is 4.58. The highest BCUT2D eigenvalue weighted by Gasteiger charge is 2.18. The molecule has 0 aliphatic rings. The van der Waals surface area contributed by atoms with Crippen LogP contribution >= 0.6 is 0 Å². The molecule has 2 rings (SSSR count). The molecule has 22 heavy (non-hydrogen) atoms. The smallest absolute Gasteiger partial charge is 0.342 e. The summed E-state index contributed by atoms with van der Waals surface area (Å²) >= 11 is 0. The quantitative estimate of drug-likeness (QED) is 0.674. The number of hydrogen-bond acceptors (Lipinski definition) is 4. The van der Waals surface area contributed by atoms with Gasteiger partial charge in [-0.3, -0.25) is 0 Å². The number of benzene rings is 2. The molecule has 4 nitrogen and oxygen atoms in total. The van der Waals surface area contributed by atoms with E-state index in [2.05, 4.69) is 0 Å². The van der Waals surface area contributed by atoms with Crippen molar-refractivity contribution in [3.05, 3.63) is 59.2 Å². The van der Waals surface area contributed by atoms with E-state index in [4.69, 9.17) is 9.47 Å². The SMILES string of the molecule is CCOC(=O)c1c(O)cc(OC)cc1C=Cc1ccccc1. The Morgan fingerprint density at radius 3 is 2.55 bits per heavy atom. The number of methoxy groups -OCH3 is 1. The number of carbonyl (C=O) groups excluding carboxylic acids is 1. The Labute approximate surface area is 129 Å². The van der Waals surface area contributed by atoms with Crippen molar-refractivity contribution in [3.63, 3.8) is 0 Å². The van der Waals surface area contributed by atoms with Crippen LogP contribution < -0.4 is 4.74 Å². The van der Waals surface area contributed by atoms with Crippen LogP contribution in [0.2, 0.25) is 0 Å². The summed E-state index contributed by atoms with van der Waals surface area (Å²) in [4.78, 5) is 12.0. The molecule has 2 aromatic carbocycles. The first-order valence-electron chi connectivity index (χ1n) is 6.97. The zero-order chi connectivity index (χ0) is 15.9. The third kappa shape index (κ3) is 3.67. The van der Waals surface area contributed by atoms with Gasteiger partial charge in [-0.25, -0.2) is 4.79 Å². The second-order valence-electron chi connectivity index (χ2n) is 4.58. The minimum atomic E-state index is -0.560. The molecule has 0 radical (unpaired) electrons. The van der Waals surface area contributed by atoms with Gasteiger partial charge in [0.25, 0.3) is 0 Å². The predicted molar refractivity (Wildman–Crippen MR) is 86.0 cm³/mol. The molecule has 0 bridgehead atoms. The van der Waals surface area contributed by atoms with E-state index in [0.717, 1.165) is 5.56 Å². The topological polar surface area (TPSA) is 55.8 Å². The van der Waals surface area contributed by atoms with Crippen LogP contribution in [0.1, 0.15) is 28.4 Å². The first kappa shape index (κ1) is 15.6. The van der Waals surface area contributed by atoms with Crippen LogP contribution in [0, 0.1) is 0 Å². The van der Waals surface area contributed by atoms with Gasteiger partial charge in [0.15, 0.2) is 0 Å². The molecule has 4 heteroatoms. The lowest BCUT2D eigenvalue weighted by Crippen LogP contribution is -2.07. The van der Waals surface area contributed by atoms with Gasteiger partial charge in [-0.05, 0) is 24.1 Å². The second kappa shape index (κ2) is 7.31. The van der Waals surface area contributed by atoms with Crippen LogP contribution in [-0.4, -0.2) is 24.8 Å². The summed E-state index contributed by atoms with van der Waals surface area (Å²) in [6.45, 7) is 1.96. The standard InChI is InChI=1S/C18H18O4/c1-3-22-18(20)17-14(11-15(21-2)12-16(17)19)10-9-13-7-5-4-6-8-13/h4-12,19H,3H2,1-2H3. The monoisotopic (exact) mass is 298 g/mol. The van der Waals surface area contributed by atoms with Crippen LogP contribution in [-0.2, 0) is 4.74 Å². The first-order valence-corrected chi connectivity index (χ1v) is 6.97. The summed E-state index contributed by atoms with van der Waals surface area (Å²) in [7, 11) is 1.50. The van der Waals surface area contributed by atoms with Crippen LogP contribution in [0.4, 0.5) is 0 Å². The highest BCUT2D eigenvalue weighted by molar-refractivity contribution is 5.98. The molecule has 0 unspecified atom stereocenters. The molecule has 2 aromatic rings. The Kier molecular flexibility index (Phi) is 5.20. The number of phenolic OH excluding ortho intramolecular Hbond substituents is 1. The van der Waals surface area contributed by atoms with Crippen molar-refractivity contribution in [2.24, 2.45) is 0 Å². The number of ether oxygens (including phenoxy) is 2. The Balaban J connectivity index is 2.45. The van der Waals surface area contributed by atoms with E-state index in [1.807, 2.05) is 36.4 Å². The van der Waals surface area contributed by atoms with Gasteiger partial charge in [0.1, 0.15) is 17.1 Å². The predicted octanol–water partition coefficient (Wildman–Crippen LogP) is 3.75. The first-order chi connectivity index (χ1) is 10.7. The number of carbonyl (C=O) groups is 1. The summed E-state index contributed by atoms with van der Waals surface area (Å²) < 4.78 is 10.1. The van der Waals surface area contributed by atoms with Gasteiger partial charge in [-0.1, -0.05) is 42.5 Å². The maximum atomic E-state index is 12.0. The van der Waals surface area contributed by atoms with E-state index >= 15 is 0 Å². The largest absolute Gasteiger partial charge is 0.507 e. The normalized spacial score (nSPS) is 10.6. The third-order valence-electron chi connectivity index (χ3n) is 3.09. The number of hydrogen-bond donors (Lipinski definition) is 1. The van der Waals surface area contributed by atoms with Gasteiger partial charge < -0.3 is 14.6 Å². The zero-order valence-corrected chi connectivity index (χ0v) is 12.6. The molecule has 0 atom stereocenters. The lowest BCUT2D eigenvalue weighted by molar-refractivity contribution is 0.0523. The van der Waals surface area contributed by atoms with Crippen molar-refractivity contribution >= 4 is 18.1 Å². The summed E-state index contributed by atoms with van der Waals surface area (Å²) in [5.41, 5.74) is 1.66. The van der Waals surface area contributed by atoms with Crippen LogP contribution in [0.3, 0.4) is 0 Å². The molecule has 0 aliphatic heterocycles. The van der Waals surface area contributed by atoms with Crippen molar-refractivity contribution in [1.82, 2.24) is 0 Å². The lowest BCUT2D eigenvalue weighted by Gasteiger charge is -2.10. The summed E-state index contributed by atoms with van der Waals surface area (Å²) in [5.74, 6) is -0.251. The Morgan fingerprint density at radius 2 is 1.91 bits per heavy atom. The van der Waals surface area contributed by atoms with E-state index in [1.54, 1.807) is 19.1 Å². The van der Waals surface area contributed by atoms with Gasteiger partial charge in [0.05, 0.1) is 13.7 Å². The average molecular weight is 298 g/mol. The van der Waals surface area contributed by atoms with E-state index in [1.165, 1.54) is 13.2 Å². The molecular weight excluding hydrogens is 280 g/mol. The van der Waals surface area contributed by atoms with E-state index in [9.17, 15) is 9.90 Å². The average Bonchev–Trinajstić information content (AvgIpc) is 2.53. The molecule has 114 valence electrons. The molecule has 0 aromatic heterocycles. The summed E-state index contributed by atoms with van der Waals surface area (Å²) in [5, 5.41) is 10.1.